The molecule has 0 aliphatic carbocycles. The number of benzene rings is 1. The van der Waals surface area contributed by atoms with Gasteiger partial charge in [0.05, 0.1) is 11.6 Å². The van der Waals surface area contributed by atoms with Crippen molar-refractivity contribution in [1.82, 2.24) is 4.98 Å². The summed E-state index contributed by atoms with van der Waals surface area (Å²) in [5.41, 5.74) is 7.00. The number of anilines is 1. The minimum atomic E-state index is -0.454. The molecule has 0 atom stereocenters. The van der Waals surface area contributed by atoms with E-state index in [0.29, 0.717) is 16.8 Å². The van der Waals surface area contributed by atoms with E-state index in [1.807, 2.05) is 6.07 Å². The van der Waals surface area contributed by atoms with Crippen molar-refractivity contribution < 1.29 is 4.39 Å². The van der Waals surface area contributed by atoms with E-state index in [0.717, 1.165) is 0 Å². The van der Waals surface area contributed by atoms with E-state index in [4.69, 9.17) is 11.0 Å². The van der Waals surface area contributed by atoms with Gasteiger partial charge in [-0.3, -0.25) is 4.98 Å². The van der Waals surface area contributed by atoms with Crippen LogP contribution in [0.5, 0.6) is 0 Å². The van der Waals surface area contributed by atoms with Crippen LogP contribution < -0.4 is 5.73 Å². The number of pyridine rings is 1. The summed E-state index contributed by atoms with van der Waals surface area (Å²) in [6.07, 6.45) is 2.92. The molecule has 1 aromatic heterocycles. The molecule has 0 fully saturated rings. The molecular weight excluding hydrogens is 205 g/mol. The molecule has 0 aliphatic heterocycles. The molecule has 0 radical (unpaired) electrons. The van der Waals surface area contributed by atoms with Crippen molar-refractivity contribution in [1.29, 1.82) is 5.26 Å². The molecule has 1 aromatic carbocycles. The van der Waals surface area contributed by atoms with Crippen LogP contribution in [0.15, 0.2) is 36.7 Å². The minimum Gasteiger partial charge on any atom is -0.398 e. The zero-order chi connectivity index (χ0) is 11.5. The Kier molecular flexibility index (Phi) is 2.52. The summed E-state index contributed by atoms with van der Waals surface area (Å²) in [4.78, 5) is 3.88. The number of nitrogens with two attached hydrogens (primary N) is 1. The van der Waals surface area contributed by atoms with Crippen molar-refractivity contribution in [3.05, 3.63) is 48.0 Å². The lowest BCUT2D eigenvalue weighted by Crippen LogP contribution is -1.95. The Morgan fingerprint density at radius 2 is 2.12 bits per heavy atom. The van der Waals surface area contributed by atoms with Gasteiger partial charge < -0.3 is 5.73 Å². The summed E-state index contributed by atoms with van der Waals surface area (Å²) < 4.78 is 13.6. The van der Waals surface area contributed by atoms with E-state index in [1.165, 1.54) is 30.6 Å². The van der Waals surface area contributed by atoms with Crippen LogP contribution in [-0.4, -0.2) is 4.98 Å². The molecule has 2 N–H and O–H groups in total. The monoisotopic (exact) mass is 213 g/mol. The molecule has 2 rings (SSSR count). The second-order valence-electron chi connectivity index (χ2n) is 3.24. The summed E-state index contributed by atoms with van der Waals surface area (Å²) in [6.45, 7) is 0. The number of rotatable bonds is 1. The summed E-state index contributed by atoms with van der Waals surface area (Å²) in [5.74, 6) is -0.454. The predicted molar refractivity (Wildman–Crippen MR) is 58.8 cm³/mol. The van der Waals surface area contributed by atoms with Gasteiger partial charge in [0.25, 0.3) is 0 Å². The zero-order valence-electron chi connectivity index (χ0n) is 8.31. The van der Waals surface area contributed by atoms with Crippen molar-refractivity contribution in [2.24, 2.45) is 0 Å². The molecule has 3 nitrogen and oxygen atoms in total. The van der Waals surface area contributed by atoms with Crippen molar-refractivity contribution in [2.45, 2.75) is 0 Å². The predicted octanol–water partition coefficient (Wildman–Crippen LogP) is 2.34. The van der Waals surface area contributed by atoms with Gasteiger partial charge in [-0.05, 0) is 18.2 Å². The van der Waals surface area contributed by atoms with Gasteiger partial charge in [-0.25, -0.2) is 4.39 Å². The Morgan fingerprint density at radius 1 is 1.31 bits per heavy atom. The quantitative estimate of drug-likeness (QED) is 0.739. The Balaban J connectivity index is 2.73. The molecule has 2 aromatic rings. The van der Waals surface area contributed by atoms with Gasteiger partial charge in [0.1, 0.15) is 5.82 Å². The second-order valence-corrected chi connectivity index (χ2v) is 3.24. The maximum atomic E-state index is 13.6. The maximum absolute atomic E-state index is 13.6. The number of nitrogens with zero attached hydrogens (tertiary/aromatic N) is 2. The van der Waals surface area contributed by atoms with E-state index < -0.39 is 5.82 Å². The van der Waals surface area contributed by atoms with Gasteiger partial charge in [-0.1, -0.05) is 6.07 Å². The van der Waals surface area contributed by atoms with Crippen LogP contribution in [0.4, 0.5) is 10.1 Å². The molecule has 0 spiro atoms. The number of hydrogen-bond acceptors (Lipinski definition) is 3. The average Bonchev–Trinajstić information content (AvgIpc) is 2.29. The summed E-state index contributed by atoms with van der Waals surface area (Å²) in [5, 5.41) is 8.92. The van der Waals surface area contributed by atoms with Crippen molar-refractivity contribution in [3.8, 4) is 17.2 Å². The SMILES string of the molecule is N#Cc1ccncc1-c1c(N)cccc1F. The number of aromatic nitrogens is 1. The van der Waals surface area contributed by atoms with Crippen LogP contribution in [0, 0.1) is 17.1 Å². The Bertz CT molecular complexity index is 552. The van der Waals surface area contributed by atoms with Crippen LogP contribution in [0.25, 0.3) is 11.1 Å². The van der Waals surface area contributed by atoms with E-state index >= 15 is 0 Å². The normalized spacial score (nSPS) is 9.75. The third-order valence-electron chi connectivity index (χ3n) is 2.26. The fraction of sp³-hybridized carbons (Fsp3) is 0. The van der Waals surface area contributed by atoms with Crippen LogP contribution in [0.2, 0.25) is 0 Å². The number of hydrogen-bond donors (Lipinski definition) is 1. The number of nitriles is 1. The van der Waals surface area contributed by atoms with E-state index in [9.17, 15) is 4.39 Å². The molecule has 0 bridgehead atoms. The first-order valence-corrected chi connectivity index (χ1v) is 4.62. The highest BCUT2D eigenvalue weighted by atomic mass is 19.1. The Morgan fingerprint density at radius 3 is 2.81 bits per heavy atom. The fourth-order valence-electron chi connectivity index (χ4n) is 1.52. The maximum Gasteiger partial charge on any atom is 0.133 e. The van der Waals surface area contributed by atoms with Crippen LogP contribution in [0.3, 0.4) is 0 Å². The molecule has 16 heavy (non-hydrogen) atoms. The van der Waals surface area contributed by atoms with Gasteiger partial charge in [0.15, 0.2) is 0 Å². The first-order valence-electron chi connectivity index (χ1n) is 4.62. The van der Waals surface area contributed by atoms with E-state index in [2.05, 4.69) is 4.98 Å². The topological polar surface area (TPSA) is 62.7 Å². The Hall–Kier alpha value is -2.41. The highest BCUT2D eigenvalue weighted by Crippen LogP contribution is 2.30. The highest BCUT2D eigenvalue weighted by Gasteiger charge is 2.12. The highest BCUT2D eigenvalue weighted by molar-refractivity contribution is 5.80. The second kappa shape index (κ2) is 3.99. The molecule has 0 aliphatic rings. The van der Waals surface area contributed by atoms with Crippen molar-refractivity contribution >= 4 is 5.69 Å². The van der Waals surface area contributed by atoms with E-state index in [-0.39, 0.29) is 5.56 Å². The average molecular weight is 213 g/mol. The molecule has 0 unspecified atom stereocenters. The van der Waals surface area contributed by atoms with Crippen LogP contribution >= 0.6 is 0 Å². The van der Waals surface area contributed by atoms with Crippen LogP contribution in [0.1, 0.15) is 5.56 Å². The lowest BCUT2D eigenvalue weighted by Gasteiger charge is -2.07. The fourth-order valence-corrected chi connectivity index (χ4v) is 1.52. The van der Waals surface area contributed by atoms with Gasteiger partial charge in [0, 0.05) is 29.2 Å². The summed E-state index contributed by atoms with van der Waals surface area (Å²) in [6, 6.07) is 7.93. The standard InChI is InChI=1S/C12H8FN3/c13-10-2-1-3-11(15)12(10)9-7-16-5-4-8(9)6-14/h1-5,7H,15H2. The molecule has 0 saturated heterocycles. The molecule has 1 heterocycles. The number of halogens is 1. The first-order chi connectivity index (χ1) is 7.74. The van der Waals surface area contributed by atoms with Gasteiger partial charge in [-0.2, -0.15) is 5.26 Å². The van der Waals surface area contributed by atoms with Gasteiger partial charge >= 0.3 is 0 Å². The molecule has 0 amide bonds. The lowest BCUT2D eigenvalue weighted by molar-refractivity contribution is 0.632. The zero-order valence-corrected chi connectivity index (χ0v) is 8.31. The molecule has 78 valence electrons. The summed E-state index contributed by atoms with van der Waals surface area (Å²) >= 11 is 0. The summed E-state index contributed by atoms with van der Waals surface area (Å²) in [7, 11) is 0. The van der Waals surface area contributed by atoms with Crippen molar-refractivity contribution in [3.63, 3.8) is 0 Å². The van der Waals surface area contributed by atoms with Crippen LogP contribution in [-0.2, 0) is 0 Å². The van der Waals surface area contributed by atoms with E-state index in [1.54, 1.807) is 6.07 Å². The third kappa shape index (κ3) is 1.59. The van der Waals surface area contributed by atoms with Crippen molar-refractivity contribution in [2.75, 3.05) is 5.73 Å². The number of nitrogen functional groups attached to an aromatic ring is 1. The molecule has 4 heteroatoms. The minimum absolute atomic E-state index is 0.229. The third-order valence-corrected chi connectivity index (χ3v) is 2.26. The molecular formula is C12H8FN3. The van der Waals surface area contributed by atoms with Gasteiger partial charge in [-0.15, -0.1) is 0 Å². The molecule has 0 saturated carbocycles. The van der Waals surface area contributed by atoms with Gasteiger partial charge in [0.2, 0.25) is 0 Å². The lowest BCUT2D eigenvalue weighted by atomic mass is 10.0. The Labute approximate surface area is 92.0 Å². The largest absolute Gasteiger partial charge is 0.398 e. The smallest absolute Gasteiger partial charge is 0.133 e. The first kappa shape index (κ1) is 10.1.